The normalized spacial score (nSPS) is 26.6. The van der Waals surface area contributed by atoms with E-state index in [0.717, 1.165) is 38.5 Å². The first-order chi connectivity index (χ1) is 14.6. The van der Waals surface area contributed by atoms with Gasteiger partial charge in [-0.3, -0.25) is 4.79 Å². The summed E-state index contributed by atoms with van der Waals surface area (Å²) in [6, 6.07) is 0. The van der Waals surface area contributed by atoms with Crippen molar-refractivity contribution in [3.8, 4) is 0 Å². The van der Waals surface area contributed by atoms with E-state index in [1.54, 1.807) is 0 Å². The van der Waals surface area contributed by atoms with Crippen molar-refractivity contribution in [1.29, 1.82) is 0 Å². The van der Waals surface area contributed by atoms with Crippen molar-refractivity contribution in [2.24, 2.45) is 5.92 Å². The van der Waals surface area contributed by atoms with E-state index in [1.165, 1.54) is 11.1 Å². The minimum atomic E-state index is -1.91. The molecule has 0 radical (unpaired) electrons. The molecule has 31 heavy (non-hydrogen) atoms. The Balaban J connectivity index is 1.60. The molecule has 5 nitrogen and oxygen atoms in total. The fraction of sp³-hybridized carbons (Fsp3) is 0.880. The number of ether oxygens (including phenoxy) is 3. The lowest BCUT2D eigenvalue weighted by Crippen LogP contribution is -2.50. The van der Waals surface area contributed by atoms with Gasteiger partial charge in [-0.05, 0) is 54.8 Å². The van der Waals surface area contributed by atoms with Crippen LogP contribution in [-0.4, -0.2) is 46.0 Å². The summed E-state index contributed by atoms with van der Waals surface area (Å²) in [7, 11) is -1.91. The van der Waals surface area contributed by atoms with Crippen molar-refractivity contribution in [2.75, 3.05) is 19.8 Å². The molecule has 3 rings (SSSR count). The van der Waals surface area contributed by atoms with E-state index in [2.05, 4.69) is 48.5 Å². The van der Waals surface area contributed by atoms with E-state index in [9.17, 15) is 4.79 Å². The van der Waals surface area contributed by atoms with Gasteiger partial charge in [0.1, 0.15) is 12.5 Å². The number of carbonyl (C=O) groups excluding carboxylic acids is 1. The molecule has 1 spiro atoms. The summed E-state index contributed by atoms with van der Waals surface area (Å²) in [6.07, 6.45) is 5.69. The molecule has 0 amide bonds. The van der Waals surface area contributed by atoms with E-state index >= 15 is 0 Å². The SMILES string of the molecule is CC1=C(COC(=O)C2CCCCC23OCCO3)CC(O[Si](C(C)C)(C(C)C)C(C)C)C1. The Hall–Kier alpha value is -0.693. The minimum absolute atomic E-state index is 0.165. The molecule has 3 aliphatic rings. The molecule has 1 heterocycles. The maximum atomic E-state index is 13.0. The van der Waals surface area contributed by atoms with Gasteiger partial charge in [0.15, 0.2) is 5.79 Å². The molecule has 178 valence electrons. The molecule has 2 aliphatic carbocycles. The Morgan fingerprint density at radius 1 is 1.03 bits per heavy atom. The molecular formula is C25H44O5Si. The molecular weight excluding hydrogens is 408 g/mol. The third kappa shape index (κ3) is 4.97. The zero-order valence-corrected chi connectivity index (χ0v) is 21.8. The van der Waals surface area contributed by atoms with Crippen LogP contribution in [0, 0.1) is 5.92 Å². The van der Waals surface area contributed by atoms with E-state index in [4.69, 9.17) is 18.6 Å². The first-order valence-corrected chi connectivity index (χ1v) is 14.6. The Labute approximate surface area is 190 Å². The van der Waals surface area contributed by atoms with E-state index < -0.39 is 14.1 Å². The highest BCUT2D eigenvalue weighted by molar-refractivity contribution is 6.77. The van der Waals surface area contributed by atoms with E-state index in [0.29, 0.717) is 36.4 Å². The highest BCUT2D eigenvalue weighted by Gasteiger charge is 2.50. The predicted molar refractivity (Wildman–Crippen MR) is 125 cm³/mol. The van der Waals surface area contributed by atoms with Crippen molar-refractivity contribution >= 4 is 14.3 Å². The van der Waals surface area contributed by atoms with Gasteiger partial charge in [-0.1, -0.05) is 53.5 Å². The third-order valence-electron chi connectivity index (χ3n) is 7.94. The Morgan fingerprint density at radius 2 is 1.65 bits per heavy atom. The van der Waals surface area contributed by atoms with Gasteiger partial charge in [-0.2, -0.15) is 0 Å². The van der Waals surface area contributed by atoms with Gasteiger partial charge in [0.2, 0.25) is 8.32 Å². The number of hydrogen-bond acceptors (Lipinski definition) is 5. The van der Waals surface area contributed by atoms with Crippen molar-refractivity contribution in [3.05, 3.63) is 11.1 Å². The topological polar surface area (TPSA) is 54.0 Å². The van der Waals surface area contributed by atoms with Crippen LogP contribution >= 0.6 is 0 Å². The molecule has 2 fully saturated rings. The number of esters is 1. The zero-order chi connectivity index (χ0) is 22.8. The van der Waals surface area contributed by atoms with Crippen molar-refractivity contribution < 1.29 is 23.4 Å². The standard InChI is InChI=1S/C25H44O5Si/c1-17(2)31(18(3)4,19(5)6)30-22-14-20(7)21(15-22)16-27-24(26)23-10-8-9-11-25(23)28-12-13-29-25/h17-19,22-23H,8-16H2,1-7H3. The molecule has 1 aliphatic heterocycles. The summed E-state index contributed by atoms with van der Waals surface area (Å²) >= 11 is 0. The van der Waals surface area contributed by atoms with Crippen LogP contribution in [0.2, 0.25) is 16.6 Å². The summed E-state index contributed by atoms with van der Waals surface area (Å²) in [5, 5.41) is 0. The lowest BCUT2D eigenvalue weighted by Gasteiger charge is -2.44. The second kappa shape index (κ2) is 10.1. The van der Waals surface area contributed by atoms with Crippen LogP contribution in [0.25, 0.3) is 0 Å². The third-order valence-corrected chi connectivity index (χ3v) is 14.1. The zero-order valence-electron chi connectivity index (χ0n) is 20.8. The summed E-state index contributed by atoms with van der Waals surface area (Å²) in [5.74, 6) is -1.21. The second-order valence-electron chi connectivity index (χ2n) is 10.8. The van der Waals surface area contributed by atoms with Gasteiger partial charge in [0.05, 0.1) is 19.3 Å². The number of carbonyl (C=O) groups is 1. The highest BCUT2D eigenvalue weighted by atomic mass is 28.4. The van der Waals surface area contributed by atoms with Crippen LogP contribution in [0.1, 0.15) is 87.0 Å². The number of hydrogen-bond donors (Lipinski definition) is 0. The molecule has 2 unspecified atom stereocenters. The van der Waals surface area contributed by atoms with Crippen molar-refractivity contribution in [1.82, 2.24) is 0 Å². The predicted octanol–water partition coefficient (Wildman–Crippen LogP) is 6.13. The summed E-state index contributed by atoms with van der Waals surface area (Å²) in [6.45, 7) is 17.7. The Bertz CT molecular complexity index is 641. The van der Waals surface area contributed by atoms with Gasteiger partial charge in [-0.25, -0.2) is 0 Å². The van der Waals surface area contributed by atoms with Crippen LogP contribution in [-0.2, 0) is 23.4 Å². The Kier molecular flexibility index (Phi) is 8.10. The average Bonchev–Trinajstić information content (AvgIpc) is 3.30. The molecule has 0 aromatic heterocycles. The minimum Gasteiger partial charge on any atom is -0.461 e. The van der Waals surface area contributed by atoms with Crippen molar-refractivity contribution in [2.45, 2.75) is 116 Å². The lowest BCUT2D eigenvalue weighted by molar-refractivity contribution is -0.221. The monoisotopic (exact) mass is 452 g/mol. The molecule has 0 bridgehead atoms. The maximum Gasteiger partial charge on any atom is 0.314 e. The largest absolute Gasteiger partial charge is 0.461 e. The van der Waals surface area contributed by atoms with Gasteiger partial charge >= 0.3 is 5.97 Å². The summed E-state index contributed by atoms with van der Waals surface area (Å²) in [5.41, 5.74) is 4.27. The molecule has 0 N–H and O–H groups in total. The van der Waals surface area contributed by atoms with Crippen LogP contribution < -0.4 is 0 Å². The van der Waals surface area contributed by atoms with E-state index in [-0.39, 0.29) is 18.0 Å². The fourth-order valence-electron chi connectivity index (χ4n) is 6.46. The quantitative estimate of drug-likeness (QED) is 0.252. The second-order valence-corrected chi connectivity index (χ2v) is 16.2. The Morgan fingerprint density at radius 3 is 2.23 bits per heavy atom. The first-order valence-electron chi connectivity index (χ1n) is 12.4. The molecule has 1 saturated heterocycles. The summed E-state index contributed by atoms with van der Waals surface area (Å²) < 4.78 is 24.6. The molecule has 1 saturated carbocycles. The van der Waals surface area contributed by atoms with Gasteiger partial charge in [-0.15, -0.1) is 0 Å². The molecule has 2 atom stereocenters. The van der Waals surface area contributed by atoms with Crippen LogP contribution in [0.15, 0.2) is 11.1 Å². The van der Waals surface area contributed by atoms with Crippen LogP contribution in [0.4, 0.5) is 0 Å². The summed E-state index contributed by atoms with van der Waals surface area (Å²) in [4.78, 5) is 13.0. The average molecular weight is 453 g/mol. The smallest absolute Gasteiger partial charge is 0.314 e. The van der Waals surface area contributed by atoms with Crippen molar-refractivity contribution in [3.63, 3.8) is 0 Å². The maximum absolute atomic E-state index is 13.0. The van der Waals surface area contributed by atoms with Crippen LogP contribution in [0.5, 0.6) is 0 Å². The number of rotatable bonds is 8. The van der Waals surface area contributed by atoms with Gasteiger partial charge in [0, 0.05) is 6.42 Å². The lowest BCUT2D eigenvalue weighted by atomic mass is 9.83. The fourth-order valence-corrected chi connectivity index (χ4v) is 12.0. The van der Waals surface area contributed by atoms with Gasteiger partial charge < -0.3 is 18.6 Å². The molecule has 0 aromatic rings. The van der Waals surface area contributed by atoms with Crippen LogP contribution in [0.3, 0.4) is 0 Å². The van der Waals surface area contributed by atoms with E-state index in [1.807, 2.05) is 0 Å². The highest BCUT2D eigenvalue weighted by Crippen LogP contribution is 2.45. The first kappa shape index (κ1) is 24.9. The molecule has 6 heteroatoms. The van der Waals surface area contributed by atoms with Gasteiger partial charge in [0.25, 0.3) is 0 Å². The molecule has 0 aromatic carbocycles.